The third-order valence-electron chi connectivity index (χ3n) is 3.73. The molecule has 1 atom stereocenters. The van der Waals surface area contributed by atoms with Gasteiger partial charge in [0.15, 0.2) is 5.78 Å². The maximum absolute atomic E-state index is 12.6. The first-order valence-electron chi connectivity index (χ1n) is 6.83. The highest BCUT2D eigenvalue weighted by Crippen LogP contribution is 2.32. The number of carbonyl (C=O) groups excluding carboxylic acids is 1. The Balaban J connectivity index is 2.30. The Bertz CT molecular complexity index is 527. The lowest BCUT2D eigenvalue weighted by Crippen LogP contribution is -2.27. The maximum Gasteiger partial charge on any atom is 0.157 e. The zero-order chi connectivity index (χ0) is 14.5. The van der Waals surface area contributed by atoms with Crippen LogP contribution in [0.5, 0.6) is 5.75 Å². The predicted octanol–water partition coefficient (Wildman–Crippen LogP) is 2.61. The van der Waals surface area contributed by atoms with Crippen LogP contribution in [-0.2, 0) is 9.53 Å². The number of nitriles is 1. The molecule has 0 spiro atoms. The molecule has 0 aliphatic carbocycles. The molecular weight excluding hydrogens is 254 g/mol. The molecule has 0 aromatic heterocycles. The van der Waals surface area contributed by atoms with Crippen LogP contribution in [0.1, 0.15) is 29.9 Å². The van der Waals surface area contributed by atoms with Gasteiger partial charge in [-0.3, -0.25) is 4.79 Å². The fourth-order valence-corrected chi connectivity index (χ4v) is 2.58. The highest BCUT2D eigenvalue weighted by Gasteiger charge is 2.31. The van der Waals surface area contributed by atoms with E-state index < -0.39 is 5.92 Å². The number of methoxy groups -OCH3 is 1. The van der Waals surface area contributed by atoms with E-state index in [1.54, 1.807) is 7.11 Å². The molecule has 0 radical (unpaired) electrons. The van der Waals surface area contributed by atoms with Crippen LogP contribution in [0, 0.1) is 24.2 Å². The van der Waals surface area contributed by atoms with Gasteiger partial charge in [-0.15, -0.1) is 0 Å². The van der Waals surface area contributed by atoms with Crippen molar-refractivity contribution in [2.24, 2.45) is 5.92 Å². The number of aryl methyl sites for hydroxylation is 1. The maximum atomic E-state index is 12.6. The number of ketones is 1. The van der Waals surface area contributed by atoms with Gasteiger partial charge >= 0.3 is 0 Å². The van der Waals surface area contributed by atoms with Crippen LogP contribution < -0.4 is 4.74 Å². The summed E-state index contributed by atoms with van der Waals surface area (Å²) in [7, 11) is 1.56. The molecular formula is C16H19NO3. The fourth-order valence-electron chi connectivity index (χ4n) is 2.58. The Hall–Kier alpha value is -1.86. The van der Waals surface area contributed by atoms with E-state index >= 15 is 0 Å². The molecule has 1 aromatic carbocycles. The van der Waals surface area contributed by atoms with Crippen LogP contribution in [0.4, 0.5) is 0 Å². The standard InChI is InChI=1S/C16H19NO3/c1-11-3-4-15(19-2)13(9-11)14(10-17)16(18)12-5-7-20-8-6-12/h3-4,9,12,14H,5-8H2,1-2H3. The minimum absolute atomic E-state index is 0.0142. The summed E-state index contributed by atoms with van der Waals surface area (Å²) in [6.45, 7) is 3.13. The number of hydrogen-bond acceptors (Lipinski definition) is 4. The van der Waals surface area contributed by atoms with E-state index in [2.05, 4.69) is 6.07 Å². The molecule has 0 amide bonds. The van der Waals surface area contributed by atoms with Crippen LogP contribution >= 0.6 is 0 Å². The van der Waals surface area contributed by atoms with E-state index in [0.717, 1.165) is 5.56 Å². The molecule has 0 N–H and O–H groups in total. The minimum Gasteiger partial charge on any atom is -0.496 e. The summed E-state index contributed by atoms with van der Waals surface area (Å²) in [5.41, 5.74) is 1.69. The van der Waals surface area contributed by atoms with E-state index in [1.165, 1.54) is 0 Å². The van der Waals surface area contributed by atoms with Gasteiger partial charge in [-0.25, -0.2) is 0 Å². The minimum atomic E-state index is -0.757. The normalized spacial score (nSPS) is 17.2. The Labute approximate surface area is 119 Å². The Morgan fingerprint density at radius 2 is 2.15 bits per heavy atom. The average Bonchev–Trinajstić information content (AvgIpc) is 2.49. The van der Waals surface area contributed by atoms with Gasteiger partial charge in [0.1, 0.15) is 11.7 Å². The second kappa shape index (κ2) is 6.53. The zero-order valence-electron chi connectivity index (χ0n) is 11.9. The molecule has 4 heteroatoms. The molecule has 106 valence electrons. The number of Topliss-reactive ketones (excluding diaryl/α,β-unsaturated/α-hetero) is 1. The predicted molar refractivity (Wildman–Crippen MR) is 74.6 cm³/mol. The summed E-state index contributed by atoms with van der Waals surface area (Å²) in [6, 6.07) is 7.74. The summed E-state index contributed by atoms with van der Waals surface area (Å²) in [4.78, 5) is 12.6. The van der Waals surface area contributed by atoms with Gasteiger partial charge in [0.25, 0.3) is 0 Å². The fraction of sp³-hybridized carbons (Fsp3) is 0.500. The third kappa shape index (κ3) is 3.00. The average molecular weight is 273 g/mol. The second-order valence-corrected chi connectivity index (χ2v) is 5.10. The van der Waals surface area contributed by atoms with Gasteiger partial charge < -0.3 is 9.47 Å². The van der Waals surface area contributed by atoms with Gasteiger partial charge in [0.05, 0.1) is 13.2 Å². The van der Waals surface area contributed by atoms with Gasteiger partial charge in [-0.2, -0.15) is 5.26 Å². The number of rotatable bonds is 4. The Morgan fingerprint density at radius 3 is 2.75 bits per heavy atom. The Kier molecular flexibility index (Phi) is 4.75. The third-order valence-corrected chi connectivity index (χ3v) is 3.73. The van der Waals surface area contributed by atoms with Gasteiger partial charge in [-0.05, 0) is 25.8 Å². The van der Waals surface area contributed by atoms with Crippen molar-refractivity contribution in [2.75, 3.05) is 20.3 Å². The molecule has 0 saturated carbocycles. The van der Waals surface area contributed by atoms with Crippen molar-refractivity contribution in [1.82, 2.24) is 0 Å². The molecule has 0 bridgehead atoms. The van der Waals surface area contributed by atoms with Gasteiger partial charge in [-0.1, -0.05) is 17.7 Å². The number of carbonyl (C=O) groups is 1. The Morgan fingerprint density at radius 1 is 1.45 bits per heavy atom. The number of ether oxygens (including phenoxy) is 2. The first-order chi connectivity index (χ1) is 9.67. The van der Waals surface area contributed by atoms with E-state index in [1.807, 2.05) is 25.1 Å². The van der Waals surface area contributed by atoms with E-state index in [9.17, 15) is 10.1 Å². The van der Waals surface area contributed by atoms with E-state index in [-0.39, 0.29) is 11.7 Å². The van der Waals surface area contributed by atoms with Crippen molar-refractivity contribution in [3.8, 4) is 11.8 Å². The van der Waals surface area contributed by atoms with Gasteiger partial charge in [0, 0.05) is 24.7 Å². The molecule has 2 rings (SSSR count). The zero-order valence-corrected chi connectivity index (χ0v) is 11.9. The second-order valence-electron chi connectivity index (χ2n) is 5.10. The smallest absolute Gasteiger partial charge is 0.157 e. The van der Waals surface area contributed by atoms with E-state index in [0.29, 0.717) is 37.4 Å². The number of nitrogens with zero attached hydrogens (tertiary/aromatic N) is 1. The lowest BCUT2D eigenvalue weighted by molar-refractivity contribution is -0.126. The molecule has 1 aliphatic rings. The van der Waals surface area contributed by atoms with Crippen LogP contribution in [-0.4, -0.2) is 26.1 Å². The van der Waals surface area contributed by atoms with Crippen molar-refractivity contribution < 1.29 is 14.3 Å². The molecule has 1 aromatic rings. The monoisotopic (exact) mass is 273 g/mol. The van der Waals surface area contributed by atoms with Crippen LogP contribution in [0.25, 0.3) is 0 Å². The molecule has 1 saturated heterocycles. The van der Waals surface area contributed by atoms with Crippen molar-refractivity contribution >= 4 is 5.78 Å². The number of hydrogen-bond donors (Lipinski definition) is 0. The lowest BCUT2D eigenvalue weighted by atomic mass is 9.83. The summed E-state index contributed by atoms with van der Waals surface area (Å²) in [5, 5.41) is 9.43. The SMILES string of the molecule is COc1ccc(C)cc1C(C#N)C(=O)C1CCOCC1. The van der Waals surface area contributed by atoms with Crippen molar-refractivity contribution in [3.05, 3.63) is 29.3 Å². The summed E-state index contributed by atoms with van der Waals surface area (Å²) in [6.07, 6.45) is 1.40. The summed E-state index contributed by atoms with van der Waals surface area (Å²) >= 11 is 0. The molecule has 1 heterocycles. The van der Waals surface area contributed by atoms with Crippen molar-refractivity contribution in [2.45, 2.75) is 25.7 Å². The van der Waals surface area contributed by atoms with Crippen molar-refractivity contribution in [3.63, 3.8) is 0 Å². The van der Waals surface area contributed by atoms with E-state index in [4.69, 9.17) is 9.47 Å². The molecule has 1 unspecified atom stereocenters. The molecule has 1 aliphatic heterocycles. The number of benzene rings is 1. The first-order valence-corrected chi connectivity index (χ1v) is 6.83. The quantitative estimate of drug-likeness (QED) is 0.846. The molecule has 4 nitrogen and oxygen atoms in total. The first kappa shape index (κ1) is 14.5. The molecule has 20 heavy (non-hydrogen) atoms. The largest absolute Gasteiger partial charge is 0.496 e. The van der Waals surface area contributed by atoms with Crippen LogP contribution in [0.2, 0.25) is 0 Å². The van der Waals surface area contributed by atoms with Crippen molar-refractivity contribution in [1.29, 1.82) is 5.26 Å². The summed E-state index contributed by atoms with van der Waals surface area (Å²) in [5.74, 6) is -0.256. The van der Waals surface area contributed by atoms with Crippen LogP contribution in [0.3, 0.4) is 0 Å². The highest BCUT2D eigenvalue weighted by atomic mass is 16.5. The molecule has 1 fully saturated rings. The van der Waals surface area contributed by atoms with Crippen LogP contribution in [0.15, 0.2) is 18.2 Å². The topological polar surface area (TPSA) is 59.3 Å². The summed E-state index contributed by atoms with van der Waals surface area (Å²) < 4.78 is 10.6. The highest BCUT2D eigenvalue weighted by molar-refractivity contribution is 5.91. The lowest BCUT2D eigenvalue weighted by Gasteiger charge is -2.23. The van der Waals surface area contributed by atoms with Gasteiger partial charge in [0.2, 0.25) is 0 Å².